The first-order valence-electron chi connectivity index (χ1n) is 5.27. The van der Waals surface area contributed by atoms with Crippen molar-refractivity contribution in [2.24, 2.45) is 0 Å². The molecular formula is C11H9F5N2O2. The van der Waals surface area contributed by atoms with Gasteiger partial charge in [0.2, 0.25) is 0 Å². The third-order valence-electron chi connectivity index (χ3n) is 2.64. The van der Waals surface area contributed by atoms with Crippen LogP contribution in [0.4, 0.5) is 22.0 Å². The first-order valence-corrected chi connectivity index (χ1v) is 5.27. The summed E-state index contributed by atoms with van der Waals surface area (Å²) >= 11 is 0. The zero-order valence-electron chi connectivity index (χ0n) is 10.3. The number of imidazole rings is 1. The molecule has 0 saturated carbocycles. The molecule has 2 rings (SSSR count). The summed E-state index contributed by atoms with van der Waals surface area (Å²) in [4.78, 5) is 5.23. The highest BCUT2D eigenvalue weighted by molar-refractivity contribution is 5.80. The number of hydrogen-bond donors (Lipinski definition) is 1. The SMILES string of the molecule is COc1cc2nc(C(F)(F)C(F)(F)F)[nH]c2cc1OC. The number of rotatable bonds is 3. The Kier molecular flexibility index (Phi) is 3.23. The van der Waals surface area contributed by atoms with Crippen molar-refractivity contribution in [1.82, 2.24) is 9.97 Å². The Morgan fingerprint density at radius 1 is 1.00 bits per heavy atom. The van der Waals surface area contributed by atoms with Gasteiger partial charge in [-0.15, -0.1) is 0 Å². The molecule has 0 fully saturated rings. The summed E-state index contributed by atoms with van der Waals surface area (Å²) in [5.41, 5.74) is -0.0943. The topological polar surface area (TPSA) is 47.1 Å². The standard InChI is InChI=1S/C11H9F5N2O2/c1-19-7-3-5-6(4-8(7)20-2)18-9(17-5)10(12,13)11(14,15)16/h3-4H,1-2H3,(H,17,18). The number of methoxy groups -OCH3 is 2. The second-order valence-corrected chi connectivity index (χ2v) is 3.88. The van der Waals surface area contributed by atoms with Crippen LogP contribution in [0.25, 0.3) is 11.0 Å². The van der Waals surface area contributed by atoms with Gasteiger partial charge in [0.05, 0.1) is 25.3 Å². The number of nitrogens with one attached hydrogen (secondary N) is 1. The Morgan fingerprint density at radius 2 is 1.55 bits per heavy atom. The van der Waals surface area contributed by atoms with Crippen LogP contribution in [0.3, 0.4) is 0 Å². The van der Waals surface area contributed by atoms with Crippen LogP contribution in [0.2, 0.25) is 0 Å². The second-order valence-electron chi connectivity index (χ2n) is 3.88. The minimum atomic E-state index is -5.73. The molecule has 0 aliphatic heterocycles. The minimum Gasteiger partial charge on any atom is -0.493 e. The normalized spacial score (nSPS) is 12.8. The maximum atomic E-state index is 13.2. The number of fused-ring (bicyclic) bond motifs is 1. The van der Waals surface area contributed by atoms with Crippen LogP contribution < -0.4 is 9.47 Å². The molecule has 0 radical (unpaired) electrons. The van der Waals surface area contributed by atoms with Crippen LogP contribution in [-0.2, 0) is 5.92 Å². The van der Waals surface area contributed by atoms with Gasteiger partial charge in [0.1, 0.15) is 0 Å². The molecule has 1 aromatic carbocycles. The lowest BCUT2D eigenvalue weighted by atomic mass is 10.3. The summed E-state index contributed by atoms with van der Waals surface area (Å²) in [6, 6.07) is 2.44. The van der Waals surface area contributed by atoms with Crippen molar-refractivity contribution < 1.29 is 31.4 Å². The van der Waals surface area contributed by atoms with Crippen LogP contribution in [0.15, 0.2) is 12.1 Å². The van der Waals surface area contributed by atoms with E-state index < -0.39 is 17.9 Å². The van der Waals surface area contributed by atoms with E-state index in [1.807, 2.05) is 4.98 Å². The van der Waals surface area contributed by atoms with Crippen LogP contribution in [0.1, 0.15) is 5.82 Å². The quantitative estimate of drug-likeness (QED) is 0.885. The van der Waals surface area contributed by atoms with Gasteiger partial charge in [-0.05, 0) is 0 Å². The number of ether oxygens (including phenoxy) is 2. The fraction of sp³-hybridized carbons (Fsp3) is 0.364. The van der Waals surface area contributed by atoms with E-state index in [1.54, 1.807) is 0 Å². The van der Waals surface area contributed by atoms with E-state index in [4.69, 9.17) is 9.47 Å². The molecule has 0 atom stereocenters. The van der Waals surface area contributed by atoms with E-state index in [0.29, 0.717) is 0 Å². The third-order valence-corrected chi connectivity index (χ3v) is 2.64. The number of nitrogens with zero attached hydrogens (tertiary/aromatic N) is 1. The molecule has 110 valence electrons. The van der Waals surface area contributed by atoms with E-state index in [2.05, 4.69) is 4.98 Å². The summed E-state index contributed by atoms with van der Waals surface area (Å²) in [5.74, 6) is -6.18. The van der Waals surface area contributed by atoms with Crippen molar-refractivity contribution in [3.63, 3.8) is 0 Å². The predicted octanol–water partition coefficient (Wildman–Crippen LogP) is 3.23. The van der Waals surface area contributed by atoms with Crippen molar-refractivity contribution in [2.75, 3.05) is 14.2 Å². The molecule has 1 N–H and O–H groups in total. The van der Waals surface area contributed by atoms with Crippen LogP contribution in [0.5, 0.6) is 11.5 Å². The van der Waals surface area contributed by atoms with Gasteiger partial charge in [-0.3, -0.25) is 0 Å². The van der Waals surface area contributed by atoms with Gasteiger partial charge >= 0.3 is 12.1 Å². The van der Waals surface area contributed by atoms with E-state index in [1.165, 1.54) is 26.4 Å². The molecule has 0 aliphatic carbocycles. The highest BCUT2D eigenvalue weighted by atomic mass is 19.4. The average molecular weight is 296 g/mol. The number of alkyl halides is 5. The summed E-state index contributed by atoms with van der Waals surface area (Å²) in [7, 11) is 2.62. The number of H-pyrrole nitrogens is 1. The summed E-state index contributed by atoms with van der Waals surface area (Å²) < 4.78 is 73.0. The van der Waals surface area contributed by atoms with E-state index in [0.717, 1.165) is 0 Å². The molecule has 1 aromatic heterocycles. The van der Waals surface area contributed by atoms with Gasteiger partial charge in [-0.2, -0.15) is 22.0 Å². The zero-order valence-corrected chi connectivity index (χ0v) is 10.3. The molecule has 4 nitrogen and oxygen atoms in total. The molecular weight excluding hydrogens is 287 g/mol. The third kappa shape index (κ3) is 2.12. The van der Waals surface area contributed by atoms with Gasteiger partial charge in [0.15, 0.2) is 17.3 Å². The van der Waals surface area contributed by atoms with Gasteiger partial charge in [0.25, 0.3) is 0 Å². The zero-order chi connectivity index (χ0) is 15.1. The molecule has 0 unspecified atom stereocenters. The lowest BCUT2D eigenvalue weighted by molar-refractivity contribution is -0.292. The van der Waals surface area contributed by atoms with Gasteiger partial charge in [0, 0.05) is 12.1 Å². The maximum absolute atomic E-state index is 13.2. The van der Waals surface area contributed by atoms with E-state index >= 15 is 0 Å². The molecule has 9 heteroatoms. The van der Waals surface area contributed by atoms with Crippen molar-refractivity contribution in [2.45, 2.75) is 12.1 Å². The molecule has 0 aliphatic rings. The van der Waals surface area contributed by atoms with Crippen LogP contribution >= 0.6 is 0 Å². The number of aromatic amines is 1. The number of halogens is 5. The fourth-order valence-corrected chi connectivity index (χ4v) is 1.62. The lowest BCUT2D eigenvalue weighted by Crippen LogP contribution is -2.34. The Morgan fingerprint density at radius 3 is 2.05 bits per heavy atom. The van der Waals surface area contributed by atoms with E-state index in [-0.39, 0.29) is 22.5 Å². The monoisotopic (exact) mass is 296 g/mol. The highest BCUT2D eigenvalue weighted by Crippen LogP contribution is 2.43. The molecule has 0 spiro atoms. The van der Waals surface area contributed by atoms with Crippen molar-refractivity contribution in [3.8, 4) is 11.5 Å². The molecule has 0 amide bonds. The Labute approximate surface area is 109 Å². The first kappa shape index (κ1) is 14.4. The summed E-state index contributed by atoms with van der Waals surface area (Å²) in [6.45, 7) is 0. The smallest absolute Gasteiger partial charge is 0.461 e. The Hall–Kier alpha value is -2.06. The second kappa shape index (κ2) is 4.50. The van der Waals surface area contributed by atoms with Gasteiger partial charge in [-0.1, -0.05) is 0 Å². The van der Waals surface area contributed by atoms with E-state index in [9.17, 15) is 22.0 Å². The Balaban J connectivity index is 2.60. The number of hydrogen-bond acceptors (Lipinski definition) is 3. The largest absolute Gasteiger partial charge is 0.493 e. The summed E-state index contributed by atoms with van der Waals surface area (Å²) in [5, 5.41) is 0. The fourth-order valence-electron chi connectivity index (χ4n) is 1.62. The highest BCUT2D eigenvalue weighted by Gasteiger charge is 2.61. The van der Waals surface area contributed by atoms with Crippen LogP contribution in [0, 0.1) is 0 Å². The lowest BCUT2D eigenvalue weighted by Gasteiger charge is -2.16. The first-order chi connectivity index (χ1) is 9.20. The number of benzene rings is 1. The minimum absolute atomic E-state index is 0.0124. The Bertz CT molecular complexity index is 595. The number of aromatic nitrogens is 2. The average Bonchev–Trinajstić information content (AvgIpc) is 2.78. The van der Waals surface area contributed by atoms with Gasteiger partial charge < -0.3 is 14.5 Å². The molecule has 0 saturated heterocycles. The van der Waals surface area contributed by atoms with Crippen LogP contribution in [-0.4, -0.2) is 30.4 Å². The molecule has 20 heavy (non-hydrogen) atoms. The van der Waals surface area contributed by atoms with Crippen molar-refractivity contribution in [3.05, 3.63) is 18.0 Å². The van der Waals surface area contributed by atoms with Crippen molar-refractivity contribution in [1.29, 1.82) is 0 Å². The van der Waals surface area contributed by atoms with Gasteiger partial charge in [-0.25, -0.2) is 4.98 Å². The summed E-state index contributed by atoms with van der Waals surface area (Å²) in [6.07, 6.45) is -5.73. The van der Waals surface area contributed by atoms with Crippen molar-refractivity contribution >= 4 is 11.0 Å². The molecule has 2 aromatic rings. The predicted molar refractivity (Wildman–Crippen MR) is 59.1 cm³/mol. The molecule has 1 heterocycles. The molecule has 0 bridgehead atoms. The maximum Gasteiger partial charge on any atom is 0.461 e.